The molecule has 9 heteroatoms. The van der Waals surface area contributed by atoms with E-state index in [0.29, 0.717) is 18.0 Å². The Morgan fingerprint density at radius 1 is 1.17 bits per heavy atom. The molecule has 0 bridgehead atoms. The fourth-order valence-electron chi connectivity index (χ4n) is 1.55. The monoisotopic (exact) mass is 398 g/mol. The predicted octanol–water partition coefficient (Wildman–Crippen LogP) is 1.03. The summed E-state index contributed by atoms with van der Waals surface area (Å²) in [5, 5.41) is 8.78. The number of halogens is 1. The summed E-state index contributed by atoms with van der Waals surface area (Å²) in [6.45, 7) is 2.10. The molecule has 3 N–H and O–H groups in total. The number of rotatable bonds is 7. The maximum Gasteiger partial charge on any atom is 0.329 e. The molecule has 0 aliphatic carbocycles. The van der Waals surface area contributed by atoms with Gasteiger partial charge in [0.05, 0.1) is 13.0 Å². The smallest absolute Gasteiger partial charge is 0.329 e. The van der Waals surface area contributed by atoms with Gasteiger partial charge in [-0.15, -0.1) is 0 Å². The van der Waals surface area contributed by atoms with E-state index in [2.05, 4.69) is 37.1 Å². The molecule has 0 spiro atoms. The Hall–Kier alpha value is -2.26. The van der Waals surface area contributed by atoms with Crippen LogP contribution in [0.3, 0.4) is 0 Å². The minimum Gasteiger partial charge on any atom is -0.383 e. The molecule has 0 saturated heterocycles. The van der Waals surface area contributed by atoms with Crippen molar-refractivity contribution in [2.24, 2.45) is 5.10 Å². The Morgan fingerprint density at radius 3 is 2.46 bits per heavy atom. The highest BCUT2D eigenvalue weighted by Crippen LogP contribution is 2.14. The van der Waals surface area contributed by atoms with E-state index in [0.717, 1.165) is 4.47 Å². The zero-order valence-corrected chi connectivity index (χ0v) is 15.0. The zero-order valence-electron chi connectivity index (χ0n) is 13.4. The van der Waals surface area contributed by atoms with E-state index in [4.69, 9.17) is 4.74 Å². The lowest BCUT2D eigenvalue weighted by atomic mass is 10.2. The minimum atomic E-state index is -0.904. The number of hydrazone groups is 1. The standard InChI is InChI=1S/C15H19BrN4O4/c1-10(19-20-15(23)14(22)17-7-8-24-2)9-13(21)18-12-5-3-11(16)4-6-12/h3-6H,7-9H2,1-2H3,(H,17,22)(H,18,21)(H,20,23)/b19-10+. The Kier molecular flexibility index (Phi) is 8.66. The van der Waals surface area contributed by atoms with Crippen molar-refractivity contribution in [1.29, 1.82) is 0 Å². The number of benzene rings is 1. The fraction of sp³-hybridized carbons (Fsp3) is 0.333. The Morgan fingerprint density at radius 2 is 1.83 bits per heavy atom. The lowest BCUT2D eigenvalue weighted by Gasteiger charge is -2.06. The lowest BCUT2D eigenvalue weighted by Crippen LogP contribution is -2.39. The van der Waals surface area contributed by atoms with Crippen molar-refractivity contribution >= 4 is 45.1 Å². The second-order valence-corrected chi connectivity index (χ2v) is 5.68. The minimum absolute atomic E-state index is 0.0123. The normalized spacial score (nSPS) is 10.9. The van der Waals surface area contributed by atoms with Gasteiger partial charge in [0.2, 0.25) is 5.91 Å². The molecule has 24 heavy (non-hydrogen) atoms. The van der Waals surface area contributed by atoms with Crippen LogP contribution in [0, 0.1) is 0 Å². The molecule has 1 aromatic carbocycles. The third kappa shape index (κ3) is 7.84. The largest absolute Gasteiger partial charge is 0.383 e. The number of ether oxygens (including phenoxy) is 1. The highest BCUT2D eigenvalue weighted by Gasteiger charge is 2.12. The van der Waals surface area contributed by atoms with Gasteiger partial charge in [-0.1, -0.05) is 15.9 Å². The third-order valence-electron chi connectivity index (χ3n) is 2.69. The van der Waals surface area contributed by atoms with E-state index in [9.17, 15) is 14.4 Å². The van der Waals surface area contributed by atoms with Crippen LogP contribution in [0.15, 0.2) is 33.8 Å². The Bertz CT molecular complexity index is 616. The number of nitrogens with zero attached hydrogens (tertiary/aromatic N) is 1. The average molecular weight is 399 g/mol. The molecule has 0 radical (unpaired) electrons. The van der Waals surface area contributed by atoms with Crippen LogP contribution in [0.25, 0.3) is 0 Å². The quantitative estimate of drug-likeness (QED) is 0.275. The maximum absolute atomic E-state index is 11.9. The van der Waals surface area contributed by atoms with Crippen molar-refractivity contribution in [3.8, 4) is 0 Å². The number of hydrogen-bond donors (Lipinski definition) is 3. The first-order valence-corrected chi connectivity index (χ1v) is 7.87. The van der Waals surface area contributed by atoms with Gasteiger partial charge in [-0.2, -0.15) is 5.10 Å². The molecule has 0 heterocycles. The maximum atomic E-state index is 11.9. The van der Waals surface area contributed by atoms with Gasteiger partial charge in [0, 0.05) is 29.5 Å². The van der Waals surface area contributed by atoms with Gasteiger partial charge in [0.15, 0.2) is 0 Å². The summed E-state index contributed by atoms with van der Waals surface area (Å²) in [5.41, 5.74) is 3.11. The van der Waals surface area contributed by atoms with Crippen molar-refractivity contribution < 1.29 is 19.1 Å². The molecule has 1 rings (SSSR count). The molecule has 0 atom stereocenters. The average Bonchev–Trinajstić information content (AvgIpc) is 2.54. The van der Waals surface area contributed by atoms with E-state index in [1.54, 1.807) is 31.2 Å². The Balaban J connectivity index is 2.40. The number of carbonyl (C=O) groups excluding carboxylic acids is 3. The molecule has 0 aliphatic rings. The van der Waals surface area contributed by atoms with Gasteiger partial charge in [0.25, 0.3) is 0 Å². The summed E-state index contributed by atoms with van der Waals surface area (Å²) in [6.07, 6.45) is -0.0123. The van der Waals surface area contributed by atoms with Crippen LogP contribution in [0.1, 0.15) is 13.3 Å². The first-order valence-electron chi connectivity index (χ1n) is 7.08. The van der Waals surface area contributed by atoms with Crippen molar-refractivity contribution in [2.45, 2.75) is 13.3 Å². The number of carbonyl (C=O) groups is 3. The number of nitrogens with one attached hydrogen (secondary N) is 3. The van der Waals surface area contributed by atoms with Crippen LogP contribution < -0.4 is 16.1 Å². The first kappa shape index (κ1) is 19.8. The molecular formula is C15H19BrN4O4. The van der Waals surface area contributed by atoms with Gasteiger partial charge in [-0.3, -0.25) is 14.4 Å². The van der Waals surface area contributed by atoms with Crippen LogP contribution in [0.4, 0.5) is 5.69 Å². The summed E-state index contributed by atoms with van der Waals surface area (Å²) in [7, 11) is 1.49. The van der Waals surface area contributed by atoms with Crippen LogP contribution >= 0.6 is 15.9 Å². The van der Waals surface area contributed by atoms with E-state index < -0.39 is 11.8 Å². The second-order valence-electron chi connectivity index (χ2n) is 4.77. The van der Waals surface area contributed by atoms with Crippen molar-refractivity contribution in [2.75, 3.05) is 25.6 Å². The lowest BCUT2D eigenvalue weighted by molar-refractivity contribution is -0.139. The highest BCUT2D eigenvalue weighted by molar-refractivity contribution is 9.10. The van der Waals surface area contributed by atoms with E-state index in [1.807, 2.05) is 0 Å². The molecule has 0 aliphatic heterocycles. The van der Waals surface area contributed by atoms with E-state index in [1.165, 1.54) is 7.11 Å². The van der Waals surface area contributed by atoms with E-state index >= 15 is 0 Å². The van der Waals surface area contributed by atoms with Crippen LogP contribution in [-0.4, -0.2) is 43.7 Å². The summed E-state index contributed by atoms with van der Waals surface area (Å²) >= 11 is 3.31. The SMILES string of the molecule is COCCNC(=O)C(=O)N/N=C(\C)CC(=O)Nc1ccc(Br)cc1. The predicted molar refractivity (Wildman–Crippen MR) is 93.5 cm³/mol. The molecular weight excluding hydrogens is 380 g/mol. The van der Waals surface area contributed by atoms with Crippen molar-refractivity contribution in [1.82, 2.24) is 10.7 Å². The van der Waals surface area contributed by atoms with E-state index in [-0.39, 0.29) is 18.9 Å². The third-order valence-corrected chi connectivity index (χ3v) is 3.22. The molecule has 0 unspecified atom stereocenters. The number of anilines is 1. The molecule has 3 amide bonds. The van der Waals surface area contributed by atoms with Gasteiger partial charge in [0.1, 0.15) is 0 Å². The first-order chi connectivity index (χ1) is 11.4. The summed E-state index contributed by atoms with van der Waals surface area (Å²) in [5.74, 6) is -2.00. The number of methoxy groups -OCH3 is 1. The summed E-state index contributed by atoms with van der Waals surface area (Å²) in [6, 6.07) is 7.11. The van der Waals surface area contributed by atoms with Crippen LogP contribution in [0.2, 0.25) is 0 Å². The van der Waals surface area contributed by atoms with Gasteiger partial charge < -0.3 is 15.4 Å². The van der Waals surface area contributed by atoms with Crippen LogP contribution in [0.5, 0.6) is 0 Å². The van der Waals surface area contributed by atoms with Crippen molar-refractivity contribution in [3.63, 3.8) is 0 Å². The van der Waals surface area contributed by atoms with Crippen molar-refractivity contribution in [3.05, 3.63) is 28.7 Å². The molecule has 0 aromatic heterocycles. The zero-order chi connectivity index (χ0) is 17.9. The van der Waals surface area contributed by atoms with Gasteiger partial charge >= 0.3 is 11.8 Å². The summed E-state index contributed by atoms with van der Waals surface area (Å²) < 4.78 is 5.66. The van der Waals surface area contributed by atoms with Crippen LogP contribution in [-0.2, 0) is 19.1 Å². The molecule has 130 valence electrons. The summed E-state index contributed by atoms with van der Waals surface area (Å²) in [4.78, 5) is 34.7. The highest BCUT2D eigenvalue weighted by atomic mass is 79.9. The van der Waals surface area contributed by atoms with Gasteiger partial charge in [-0.25, -0.2) is 5.43 Å². The fourth-order valence-corrected chi connectivity index (χ4v) is 1.82. The molecule has 8 nitrogen and oxygen atoms in total. The number of hydrogen-bond acceptors (Lipinski definition) is 5. The molecule has 0 saturated carbocycles. The topological polar surface area (TPSA) is 109 Å². The van der Waals surface area contributed by atoms with Gasteiger partial charge in [-0.05, 0) is 31.2 Å². The number of amides is 3. The molecule has 1 aromatic rings. The second kappa shape index (κ2) is 10.5. The molecule has 0 fully saturated rings. The Labute approximate surface area is 148 Å².